The summed E-state index contributed by atoms with van der Waals surface area (Å²) in [4.78, 5) is 56.8. The summed E-state index contributed by atoms with van der Waals surface area (Å²) < 4.78 is 0. The second kappa shape index (κ2) is 22.5. The van der Waals surface area contributed by atoms with Crippen LogP contribution in [0.25, 0.3) is 0 Å². The van der Waals surface area contributed by atoms with Crippen LogP contribution in [-0.2, 0) is 24.0 Å². The van der Waals surface area contributed by atoms with Crippen molar-refractivity contribution in [1.82, 2.24) is 10.6 Å². The Morgan fingerprint density at radius 1 is 0.514 bits per heavy atom. The van der Waals surface area contributed by atoms with Crippen LogP contribution in [0.4, 0.5) is 0 Å². The lowest BCUT2D eigenvalue weighted by Gasteiger charge is -2.16. The number of nitrogens with one attached hydrogen (secondary N) is 2. The Labute approximate surface area is 221 Å². The van der Waals surface area contributed by atoms with Crippen LogP contribution in [0, 0.1) is 0 Å². The minimum Gasteiger partial charge on any atom is -0.481 e. The molecule has 0 aliphatic carbocycles. The molecule has 214 valence electrons. The molecule has 0 spiro atoms. The Kier molecular flexibility index (Phi) is 20.9. The molecule has 0 aliphatic rings. The van der Waals surface area contributed by atoms with E-state index in [4.69, 9.17) is 10.2 Å². The number of carboxylic acids is 3. The Morgan fingerprint density at radius 3 is 1.24 bits per heavy atom. The summed E-state index contributed by atoms with van der Waals surface area (Å²) in [6, 6.07) is -2.19. The molecule has 5 N–H and O–H groups in total. The van der Waals surface area contributed by atoms with Gasteiger partial charge in [0.2, 0.25) is 11.8 Å². The highest BCUT2D eigenvalue weighted by atomic mass is 16.4. The predicted molar refractivity (Wildman–Crippen MR) is 140 cm³/mol. The Balaban J connectivity index is 3.73. The quantitative estimate of drug-likeness (QED) is 0.107. The lowest BCUT2D eigenvalue weighted by Crippen LogP contribution is -2.43. The normalized spacial score (nSPS) is 12.5. The maximum Gasteiger partial charge on any atom is 0.326 e. The molecule has 0 radical (unpaired) electrons. The number of hydrogen-bond donors (Lipinski definition) is 5. The van der Waals surface area contributed by atoms with E-state index in [-0.39, 0.29) is 38.0 Å². The molecular formula is C27H48N2O8. The summed E-state index contributed by atoms with van der Waals surface area (Å²) in [5.41, 5.74) is 0. The van der Waals surface area contributed by atoms with E-state index in [9.17, 15) is 29.1 Å². The average Bonchev–Trinajstić information content (AvgIpc) is 2.84. The van der Waals surface area contributed by atoms with Gasteiger partial charge in [0.1, 0.15) is 12.1 Å². The van der Waals surface area contributed by atoms with Crippen LogP contribution in [0.1, 0.15) is 129 Å². The molecule has 0 aliphatic heterocycles. The molecule has 0 unspecified atom stereocenters. The number of amides is 2. The monoisotopic (exact) mass is 528 g/mol. The highest BCUT2D eigenvalue weighted by Gasteiger charge is 2.23. The third-order valence-electron chi connectivity index (χ3n) is 6.38. The molecule has 0 rings (SSSR count). The third kappa shape index (κ3) is 21.2. The first-order valence-electron chi connectivity index (χ1n) is 13.9. The predicted octanol–water partition coefficient (Wildman–Crippen LogP) is 4.64. The lowest BCUT2D eigenvalue weighted by molar-refractivity contribution is -0.143. The van der Waals surface area contributed by atoms with Crippen LogP contribution < -0.4 is 10.6 Å². The van der Waals surface area contributed by atoms with Crippen LogP contribution in [0.5, 0.6) is 0 Å². The molecule has 0 aromatic rings. The van der Waals surface area contributed by atoms with Crippen LogP contribution in [-0.4, -0.2) is 57.1 Å². The van der Waals surface area contributed by atoms with Gasteiger partial charge in [-0.05, 0) is 25.7 Å². The summed E-state index contributed by atoms with van der Waals surface area (Å²) in [5, 5.41) is 31.7. The van der Waals surface area contributed by atoms with Gasteiger partial charge in [-0.2, -0.15) is 0 Å². The minimum atomic E-state index is -1.22. The van der Waals surface area contributed by atoms with E-state index in [1.807, 2.05) is 0 Å². The van der Waals surface area contributed by atoms with Gasteiger partial charge in [-0.1, -0.05) is 84.0 Å². The number of rotatable bonds is 25. The molecule has 2 atom stereocenters. The van der Waals surface area contributed by atoms with E-state index < -0.39 is 35.9 Å². The molecular weight excluding hydrogens is 480 g/mol. The number of carbonyl (C=O) groups is 5. The average molecular weight is 529 g/mol. The van der Waals surface area contributed by atoms with E-state index in [1.165, 1.54) is 44.9 Å². The first kappa shape index (κ1) is 34.4. The number of carboxylic acid groups (broad SMARTS) is 3. The van der Waals surface area contributed by atoms with E-state index >= 15 is 0 Å². The number of aliphatic carboxylic acids is 3. The van der Waals surface area contributed by atoms with E-state index in [2.05, 4.69) is 10.6 Å². The van der Waals surface area contributed by atoms with Gasteiger partial charge in [0, 0.05) is 19.3 Å². The van der Waals surface area contributed by atoms with Gasteiger partial charge in [0.05, 0.1) is 0 Å². The largest absolute Gasteiger partial charge is 0.481 e. The van der Waals surface area contributed by atoms with E-state index in [1.54, 1.807) is 6.92 Å². The Bertz CT molecular complexity index is 683. The minimum absolute atomic E-state index is 0.101. The van der Waals surface area contributed by atoms with Crippen molar-refractivity contribution >= 4 is 29.7 Å². The molecule has 0 bridgehead atoms. The summed E-state index contributed by atoms with van der Waals surface area (Å²) in [6.45, 7) is 1.63. The molecule has 10 nitrogen and oxygen atoms in total. The van der Waals surface area contributed by atoms with Gasteiger partial charge in [0.25, 0.3) is 0 Å². The highest BCUT2D eigenvalue weighted by molar-refractivity contribution is 5.86. The first-order chi connectivity index (χ1) is 17.7. The fourth-order valence-corrected chi connectivity index (χ4v) is 4.09. The van der Waals surface area contributed by atoms with Gasteiger partial charge in [0.15, 0.2) is 0 Å². The zero-order valence-corrected chi connectivity index (χ0v) is 22.5. The number of carbonyl (C=O) groups excluding carboxylic acids is 2. The van der Waals surface area contributed by atoms with Crippen molar-refractivity contribution in [2.24, 2.45) is 0 Å². The summed E-state index contributed by atoms with van der Waals surface area (Å²) in [5.74, 6) is -3.99. The zero-order chi connectivity index (χ0) is 27.9. The van der Waals surface area contributed by atoms with Crippen LogP contribution >= 0.6 is 0 Å². The second-order valence-corrected chi connectivity index (χ2v) is 9.71. The molecule has 37 heavy (non-hydrogen) atoms. The Morgan fingerprint density at radius 2 is 0.865 bits per heavy atom. The van der Waals surface area contributed by atoms with Crippen molar-refractivity contribution in [2.45, 2.75) is 141 Å². The van der Waals surface area contributed by atoms with Gasteiger partial charge in [-0.15, -0.1) is 0 Å². The smallest absolute Gasteiger partial charge is 0.326 e. The highest BCUT2D eigenvalue weighted by Crippen LogP contribution is 2.14. The molecule has 0 aromatic heterocycles. The second-order valence-electron chi connectivity index (χ2n) is 9.71. The molecule has 2 amide bonds. The molecule has 0 fully saturated rings. The molecule has 0 saturated carbocycles. The molecule has 0 heterocycles. The molecule has 10 heteroatoms. The van der Waals surface area contributed by atoms with Crippen LogP contribution in [0.15, 0.2) is 0 Å². The first-order valence-corrected chi connectivity index (χ1v) is 13.9. The van der Waals surface area contributed by atoms with Crippen molar-refractivity contribution in [3.63, 3.8) is 0 Å². The Hall–Kier alpha value is -2.65. The number of hydrogen-bond acceptors (Lipinski definition) is 5. The van der Waals surface area contributed by atoms with Crippen LogP contribution in [0.3, 0.4) is 0 Å². The maximum atomic E-state index is 12.1. The SMILES string of the molecule is CC[C@H](NC(=O)CC[C@H](NC(=O)CCCCCCCCCCCCCCCCC(=O)O)C(=O)O)C(=O)O. The lowest BCUT2D eigenvalue weighted by atomic mass is 10.0. The van der Waals surface area contributed by atoms with Crippen molar-refractivity contribution in [3.8, 4) is 0 Å². The van der Waals surface area contributed by atoms with Crippen molar-refractivity contribution in [3.05, 3.63) is 0 Å². The summed E-state index contributed by atoms with van der Waals surface area (Å²) >= 11 is 0. The fourth-order valence-electron chi connectivity index (χ4n) is 4.09. The fraction of sp³-hybridized carbons (Fsp3) is 0.815. The number of unbranched alkanes of at least 4 members (excludes halogenated alkanes) is 13. The van der Waals surface area contributed by atoms with Crippen molar-refractivity contribution in [2.75, 3.05) is 0 Å². The van der Waals surface area contributed by atoms with Gasteiger partial charge in [-0.25, -0.2) is 9.59 Å². The van der Waals surface area contributed by atoms with Crippen molar-refractivity contribution in [1.29, 1.82) is 0 Å². The van der Waals surface area contributed by atoms with Gasteiger partial charge in [-0.3, -0.25) is 14.4 Å². The summed E-state index contributed by atoms with van der Waals surface area (Å²) in [7, 11) is 0. The standard InChI is InChI=1S/C27H48N2O8/c1-2-21(26(34)35)28-24(31)20-19-22(27(36)37)29-23(30)17-15-13-11-9-7-5-3-4-6-8-10-12-14-16-18-25(32)33/h21-22H,2-20H2,1H3,(H,28,31)(H,29,30)(H,32,33)(H,34,35)(H,36,37)/t21-,22-/m0/s1. The molecule has 0 aromatic carbocycles. The van der Waals surface area contributed by atoms with Crippen molar-refractivity contribution < 1.29 is 39.3 Å². The zero-order valence-electron chi connectivity index (χ0n) is 22.5. The maximum absolute atomic E-state index is 12.1. The van der Waals surface area contributed by atoms with Crippen LogP contribution in [0.2, 0.25) is 0 Å². The van der Waals surface area contributed by atoms with E-state index in [0.717, 1.165) is 38.5 Å². The van der Waals surface area contributed by atoms with Gasteiger partial charge >= 0.3 is 17.9 Å². The van der Waals surface area contributed by atoms with Gasteiger partial charge < -0.3 is 26.0 Å². The molecule has 0 saturated heterocycles. The van der Waals surface area contributed by atoms with E-state index in [0.29, 0.717) is 6.42 Å². The summed E-state index contributed by atoms with van der Waals surface area (Å²) in [6.07, 6.45) is 15.6. The topological polar surface area (TPSA) is 170 Å². The third-order valence-corrected chi connectivity index (χ3v) is 6.38.